The van der Waals surface area contributed by atoms with Gasteiger partial charge in [-0.15, -0.1) is 0 Å². The van der Waals surface area contributed by atoms with E-state index >= 15 is 0 Å². The molecule has 0 saturated carbocycles. The van der Waals surface area contributed by atoms with Gasteiger partial charge in [-0.1, -0.05) is 30.3 Å². The van der Waals surface area contributed by atoms with Gasteiger partial charge in [0.25, 0.3) is 0 Å². The Hall–Kier alpha value is -1.71. The molecule has 7 heteroatoms. The highest BCUT2D eigenvalue weighted by atomic mass is 127. The van der Waals surface area contributed by atoms with Crippen LogP contribution in [0.25, 0.3) is 11.0 Å². The van der Waals surface area contributed by atoms with Gasteiger partial charge in [0.15, 0.2) is 11.6 Å². The second-order valence-corrected chi connectivity index (χ2v) is 6.43. The molecule has 24 heavy (non-hydrogen) atoms. The van der Waals surface area contributed by atoms with E-state index < -0.39 is 0 Å². The predicted octanol–water partition coefficient (Wildman–Crippen LogP) is 3.33. The predicted molar refractivity (Wildman–Crippen MR) is 101 cm³/mol. The summed E-state index contributed by atoms with van der Waals surface area (Å²) < 4.78 is 14.1. The lowest BCUT2D eigenvalue weighted by molar-refractivity contribution is 0.0667. The topological polar surface area (TPSA) is 75.2 Å². The number of rotatable bonds is 7. The summed E-state index contributed by atoms with van der Waals surface area (Å²) in [6, 6.07) is 10.1. The number of nitrogens with zero attached hydrogens (tertiary/aromatic N) is 3. The van der Waals surface area contributed by atoms with Crippen molar-refractivity contribution in [2.75, 3.05) is 12.3 Å². The first-order chi connectivity index (χ1) is 11.7. The zero-order chi connectivity index (χ0) is 16.9. The van der Waals surface area contributed by atoms with E-state index in [1.54, 1.807) is 0 Å². The summed E-state index contributed by atoms with van der Waals surface area (Å²) in [5.41, 5.74) is 8.90. The van der Waals surface area contributed by atoms with Crippen molar-refractivity contribution in [1.82, 2.24) is 14.5 Å². The maximum absolute atomic E-state index is 6.14. The van der Waals surface area contributed by atoms with Gasteiger partial charge in [0, 0.05) is 12.8 Å². The third-order valence-corrected chi connectivity index (χ3v) is 4.31. The summed E-state index contributed by atoms with van der Waals surface area (Å²) in [7, 11) is 0. The molecule has 0 aliphatic heterocycles. The lowest BCUT2D eigenvalue weighted by Crippen LogP contribution is -2.07. The smallest absolute Gasteiger partial charge is 0.157 e. The average molecular weight is 438 g/mol. The zero-order valence-corrected chi connectivity index (χ0v) is 15.6. The normalized spacial score (nSPS) is 11.2. The fourth-order valence-corrected chi connectivity index (χ4v) is 3.14. The van der Waals surface area contributed by atoms with Gasteiger partial charge < -0.3 is 19.8 Å². The third-order valence-electron chi connectivity index (χ3n) is 3.52. The largest absolute Gasteiger partial charge is 0.382 e. The number of ether oxygens (including phenoxy) is 2. The van der Waals surface area contributed by atoms with Crippen LogP contribution in [0, 0.1) is 3.57 Å². The Morgan fingerprint density at radius 1 is 1.12 bits per heavy atom. The summed E-state index contributed by atoms with van der Waals surface area (Å²) in [6.45, 7) is 3.86. The Morgan fingerprint density at radius 3 is 2.67 bits per heavy atom. The fourth-order valence-electron chi connectivity index (χ4n) is 2.43. The SMILES string of the molecule is CCOCc1nc(N)c2c(n1)c(I)cn2COCc1ccccc1. The van der Waals surface area contributed by atoms with Crippen LogP contribution in [0.4, 0.5) is 5.82 Å². The van der Waals surface area contributed by atoms with Crippen molar-refractivity contribution in [2.45, 2.75) is 26.9 Å². The number of hydrogen-bond donors (Lipinski definition) is 1. The van der Waals surface area contributed by atoms with Crippen molar-refractivity contribution in [3.63, 3.8) is 0 Å². The van der Waals surface area contributed by atoms with Crippen LogP contribution in [-0.4, -0.2) is 21.1 Å². The van der Waals surface area contributed by atoms with Gasteiger partial charge in [-0.05, 0) is 35.1 Å². The highest BCUT2D eigenvalue weighted by Gasteiger charge is 2.14. The monoisotopic (exact) mass is 438 g/mol. The average Bonchev–Trinajstić information content (AvgIpc) is 2.90. The standard InChI is InChI=1S/C17H19IN4O2/c1-2-23-10-14-20-15-13(18)8-22(16(15)17(19)21-14)11-24-9-12-6-4-3-5-7-12/h3-8H,2,9-11H2,1H3,(H2,19,20,21). The Kier molecular flexibility index (Phi) is 5.64. The molecule has 0 bridgehead atoms. The molecule has 126 valence electrons. The van der Waals surface area contributed by atoms with Crippen molar-refractivity contribution in [3.8, 4) is 0 Å². The van der Waals surface area contributed by atoms with E-state index in [0.717, 1.165) is 20.2 Å². The van der Waals surface area contributed by atoms with Crippen LogP contribution < -0.4 is 5.73 Å². The van der Waals surface area contributed by atoms with E-state index in [4.69, 9.17) is 15.2 Å². The molecule has 0 radical (unpaired) electrons. The van der Waals surface area contributed by atoms with E-state index in [0.29, 0.717) is 38.2 Å². The molecule has 0 saturated heterocycles. The number of hydrogen-bond acceptors (Lipinski definition) is 5. The molecular weight excluding hydrogens is 419 g/mol. The molecular formula is C17H19IN4O2. The Morgan fingerprint density at radius 2 is 1.92 bits per heavy atom. The summed E-state index contributed by atoms with van der Waals surface area (Å²) >= 11 is 2.25. The molecule has 0 atom stereocenters. The first kappa shape index (κ1) is 17.1. The van der Waals surface area contributed by atoms with Crippen molar-refractivity contribution in [2.24, 2.45) is 0 Å². The van der Waals surface area contributed by atoms with Crippen molar-refractivity contribution in [1.29, 1.82) is 0 Å². The molecule has 3 aromatic rings. The minimum Gasteiger partial charge on any atom is -0.382 e. The molecule has 6 nitrogen and oxygen atoms in total. The molecule has 0 aliphatic carbocycles. The van der Waals surface area contributed by atoms with Gasteiger partial charge in [-0.2, -0.15) is 0 Å². The summed E-state index contributed by atoms with van der Waals surface area (Å²) in [5.74, 6) is 1.05. The van der Waals surface area contributed by atoms with Gasteiger partial charge in [-0.25, -0.2) is 9.97 Å². The van der Waals surface area contributed by atoms with E-state index in [9.17, 15) is 0 Å². The zero-order valence-electron chi connectivity index (χ0n) is 13.4. The third kappa shape index (κ3) is 3.85. The van der Waals surface area contributed by atoms with Crippen LogP contribution in [0.2, 0.25) is 0 Å². The van der Waals surface area contributed by atoms with Gasteiger partial charge in [0.1, 0.15) is 24.4 Å². The lowest BCUT2D eigenvalue weighted by Gasteiger charge is -2.09. The first-order valence-corrected chi connectivity index (χ1v) is 8.77. The Balaban J connectivity index is 1.78. The van der Waals surface area contributed by atoms with Gasteiger partial charge >= 0.3 is 0 Å². The maximum Gasteiger partial charge on any atom is 0.157 e. The number of fused-ring (bicyclic) bond motifs is 1. The summed E-state index contributed by atoms with van der Waals surface area (Å²) in [4.78, 5) is 8.90. The molecule has 2 N–H and O–H groups in total. The number of nitrogen functional groups attached to an aromatic ring is 1. The Labute approximate surface area is 154 Å². The molecule has 2 aromatic heterocycles. The summed E-state index contributed by atoms with van der Waals surface area (Å²) in [6.07, 6.45) is 1.98. The second-order valence-electron chi connectivity index (χ2n) is 5.27. The molecule has 0 amide bonds. The number of aromatic nitrogens is 3. The first-order valence-electron chi connectivity index (χ1n) is 7.69. The molecule has 2 heterocycles. The second kappa shape index (κ2) is 7.91. The van der Waals surface area contributed by atoms with Crippen LogP contribution in [0.3, 0.4) is 0 Å². The molecule has 0 fully saturated rings. The Bertz CT molecular complexity index is 820. The number of anilines is 1. The molecule has 0 unspecified atom stereocenters. The molecule has 3 rings (SSSR count). The maximum atomic E-state index is 6.14. The van der Waals surface area contributed by atoms with Crippen LogP contribution in [0.15, 0.2) is 36.5 Å². The molecule has 0 aliphatic rings. The highest BCUT2D eigenvalue weighted by molar-refractivity contribution is 14.1. The minimum atomic E-state index is 0.363. The molecule has 1 aromatic carbocycles. The fraction of sp³-hybridized carbons (Fsp3) is 0.294. The minimum absolute atomic E-state index is 0.363. The molecule has 0 spiro atoms. The number of halogens is 1. The van der Waals surface area contributed by atoms with Crippen LogP contribution in [-0.2, 0) is 29.4 Å². The number of benzene rings is 1. The van der Waals surface area contributed by atoms with Crippen LogP contribution in [0.5, 0.6) is 0 Å². The number of nitrogens with two attached hydrogens (primary N) is 1. The van der Waals surface area contributed by atoms with E-state index in [-0.39, 0.29) is 0 Å². The summed E-state index contributed by atoms with van der Waals surface area (Å²) in [5, 5.41) is 0. The lowest BCUT2D eigenvalue weighted by atomic mass is 10.2. The van der Waals surface area contributed by atoms with Gasteiger partial charge in [-0.3, -0.25) is 0 Å². The van der Waals surface area contributed by atoms with Crippen molar-refractivity contribution in [3.05, 3.63) is 51.5 Å². The van der Waals surface area contributed by atoms with E-state index in [1.165, 1.54) is 0 Å². The van der Waals surface area contributed by atoms with Crippen LogP contribution >= 0.6 is 22.6 Å². The quantitative estimate of drug-likeness (QED) is 0.573. The van der Waals surface area contributed by atoms with E-state index in [1.807, 2.05) is 48.0 Å². The van der Waals surface area contributed by atoms with Crippen LogP contribution in [0.1, 0.15) is 18.3 Å². The van der Waals surface area contributed by atoms with Crippen molar-refractivity contribution >= 4 is 39.4 Å². The van der Waals surface area contributed by atoms with E-state index in [2.05, 4.69) is 32.6 Å². The van der Waals surface area contributed by atoms with Gasteiger partial charge in [0.2, 0.25) is 0 Å². The van der Waals surface area contributed by atoms with Crippen molar-refractivity contribution < 1.29 is 9.47 Å². The van der Waals surface area contributed by atoms with Gasteiger partial charge in [0.05, 0.1) is 10.2 Å². The highest BCUT2D eigenvalue weighted by Crippen LogP contribution is 2.25.